The zero-order valence-electron chi connectivity index (χ0n) is 40.2. The maximum Gasteiger partial charge on any atom is 0.143 e. The zero-order chi connectivity index (χ0) is 48.0. The molecule has 0 amide bonds. The normalized spacial score (nSPS) is 13.6. The Kier molecular flexibility index (Phi) is 9.50. The van der Waals surface area contributed by atoms with E-state index < -0.39 is 5.41 Å². The fourth-order valence-electron chi connectivity index (χ4n) is 12.5. The minimum atomic E-state index is -0.442. The minimum Gasteiger partial charge on any atom is -0.455 e. The third-order valence-electron chi connectivity index (χ3n) is 15.8. The van der Waals surface area contributed by atoms with Gasteiger partial charge in [0.05, 0.1) is 11.1 Å². The SMILES string of the molecule is CC1(C)c2ccccc2-c2ccc(N(c3cccc(-c4cccc5c4oc4ccccc45)c3)c3ccccc3-c3cccc(-c4ccc5c(c4)-c4ccccc4C5(c4ccccc4)c4ccccc4)c3)cc21. The van der Waals surface area contributed by atoms with E-state index in [2.05, 4.69) is 274 Å². The third-order valence-corrected chi connectivity index (χ3v) is 15.8. The van der Waals surface area contributed by atoms with Crippen molar-refractivity contribution in [3.05, 3.63) is 294 Å². The summed E-state index contributed by atoms with van der Waals surface area (Å²) in [5, 5.41) is 2.25. The standard InChI is InChI=1S/C70H49NO/c1-69(2)62-34-13-9-29-56(62)58-40-39-53(45-65(58)69)71(52-27-18-22-49(43-52)55-32-19-33-60-59-31-12-16-37-67(59)72-68(55)60)66-36-15-11-28-54(66)48-21-17-20-46(42-48)47-38-41-64-61(44-47)57-30-10-14-35-63(57)70(64,50-23-5-3-6-24-50)51-25-7-4-8-26-51/h3-45H,1-2H3. The Labute approximate surface area is 420 Å². The van der Waals surface area contributed by atoms with E-state index in [9.17, 15) is 0 Å². The smallest absolute Gasteiger partial charge is 0.143 e. The number of fused-ring (bicyclic) bond motifs is 9. The molecule has 0 saturated carbocycles. The molecule has 12 aromatic rings. The van der Waals surface area contributed by atoms with Crippen LogP contribution in [0.15, 0.2) is 265 Å². The lowest BCUT2D eigenvalue weighted by molar-refractivity contribution is 0.660. The molecule has 0 bridgehead atoms. The molecule has 0 unspecified atom stereocenters. The van der Waals surface area contributed by atoms with Crippen LogP contribution in [0.25, 0.3) is 77.6 Å². The molecule has 0 aliphatic heterocycles. The molecule has 0 radical (unpaired) electrons. The lowest BCUT2D eigenvalue weighted by Crippen LogP contribution is -2.28. The van der Waals surface area contributed by atoms with Gasteiger partial charge in [-0.25, -0.2) is 0 Å². The molecule has 0 atom stereocenters. The van der Waals surface area contributed by atoms with Crippen LogP contribution in [0, 0.1) is 0 Å². The van der Waals surface area contributed by atoms with Crippen molar-refractivity contribution in [2.24, 2.45) is 0 Å². The zero-order valence-corrected chi connectivity index (χ0v) is 40.2. The lowest BCUT2D eigenvalue weighted by atomic mass is 9.67. The van der Waals surface area contributed by atoms with Gasteiger partial charge < -0.3 is 9.32 Å². The number of anilines is 3. The van der Waals surface area contributed by atoms with Gasteiger partial charge in [0, 0.05) is 38.7 Å². The molecular weight excluding hydrogens is 871 g/mol. The molecule has 340 valence electrons. The third kappa shape index (κ3) is 6.28. The molecule has 14 rings (SSSR count). The van der Waals surface area contributed by atoms with Crippen molar-refractivity contribution in [2.45, 2.75) is 24.7 Å². The Balaban J connectivity index is 0.924. The second kappa shape index (κ2) is 16.3. The van der Waals surface area contributed by atoms with Gasteiger partial charge in [-0.1, -0.05) is 226 Å². The van der Waals surface area contributed by atoms with Crippen LogP contribution in [0.1, 0.15) is 47.2 Å². The Morgan fingerprint density at radius 2 is 0.861 bits per heavy atom. The quantitative estimate of drug-likeness (QED) is 0.151. The first kappa shape index (κ1) is 41.9. The molecule has 1 aromatic heterocycles. The van der Waals surface area contributed by atoms with Gasteiger partial charge in [-0.05, 0) is 126 Å². The van der Waals surface area contributed by atoms with E-state index in [-0.39, 0.29) is 5.41 Å². The van der Waals surface area contributed by atoms with E-state index in [4.69, 9.17) is 4.42 Å². The summed E-state index contributed by atoms with van der Waals surface area (Å²) in [7, 11) is 0. The van der Waals surface area contributed by atoms with Crippen molar-refractivity contribution in [3.8, 4) is 55.6 Å². The van der Waals surface area contributed by atoms with E-state index >= 15 is 0 Å². The maximum absolute atomic E-state index is 6.62. The van der Waals surface area contributed by atoms with Gasteiger partial charge in [0.25, 0.3) is 0 Å². The highest BCUT2D eigenvalue weighted by Crippen LogP contribution is 2.57. The fourth-order valence-corrected chi connectivity index (χ4v) is 12.5. The summed E-state index contributed by atoms with van der Waals surface area (Å²) in [6, 6.07) is 96.0. The van der Waals surface area contributed by atoms with Gasteiger partial charge in [0.15, 0.2) is 0 Å². The van der Waals surface area contributed by atoms with Crippen molar-refractivity contribution in [2.75, 3.05) is 4.90 Å². The number of furan rings is 1. The largest absolute Gasteiger partial charge is 0.455 e. The molecule has 2 aliphatic carbocycles. The average molecular weight is 920 g/mol. The number of hydrogen-bond donors (Lipinski definition) is 0. The highest BCUT2D eigenvalue weighted by Gasteiger charge is 2.46. The van der Waals surface area contributed by atoms with Crippen LogP contribution < -0.4 is 4.90 Å². The molecule has 0 N–H and O–H groups in total. The first-order valence-electron chi connectivity index (χ1n) is 25.1. The Morgan fingerprint density at radius 1 is 0.319 bits per heavy atom. The lowest BCUT2D eigenvalue weighted by Gasteiger charge is -2.33. The average Bonchev–Trinajstić information content (AvgIpc) is 4.05. The highest BCUT2D eigenvalue weighted by molar-refractivity contribution is 6.10. The van der Waals surface area contributed by atoms with Gasteiger partial charge in [-0.3, -0.25) is 0 Å². The molecule has 0 saturated heterocycles. The number of nitrogens with zero attached hydrogens (tertiary/aromatic N) is 1. The Bertz CT molecular complexity index is 4040. The van der Waals surface area contributed by atoms with Crippen LogP contribution in [0.4, 0.5) is 17.1 Å². The number of hydrogen-bond acceptors (Lipinski definition) is 2. The van der Waals surface area contributed by atoms with Crippen molar-refractivity contribution >= 4 is 39.0 Å². The van der Waals surface area contributed by atoms with Crippen LogP contribution in [0.5, 0.6) is 0 Å². The summed E-state index contributed by atoms with van der Waals surface area (Å²) in [5.41, 5.74) is 24.3. The first-order valence-corrected chi connectivity index (χ1v) is 25.1. The van der Waals surface area contributed by atoms with Crippen molar-refractivity contribution < 1.29 is 4.42 Å². The molecule has 2 heteroatoms. The summed E-state index contributed by atoms with van der Waals surface area (Å²) >= 11 is 0. The summed E-state index contributed by atoms with van der Waals surface area (Å²) in [4.78, 5) is 2.46. The fraction of sp³-hybridized carbons (Fsp3) is 0.0571. The van der Waals surface area contributed by atoms with Crippen LogP contribution in [0.3, 0.4) is 0 Å². The second-order valence-corrected chi connectivity index (χ2v) is 20.0. The molecule has 2 aliphatic rings. The van der Waals surface area contributed by atoms with E-state index in [1.165, 1.54) is 66.8 Å². The summed E-state index contributed by atoms with van der Waals surface area (Å²) < 4.78 is 6.62. The number of para-hydroxylation sites is 3. The van der Waals surface area contributed by atoms with E-state index in [0.717, 1.165) is 61.3 Å². The van der Waals surface area contributed by atoms with E-state index in [1.54, 1.807) is 0 Å². The topological polar surface area (TPSA) is 16.4 Å². The van der Waals surface area contributed by atoms with Crippen LogP contribution >= 0.6 is 0 Å². The van der Waals surface area contributed by atoms with Crippen molar-refractivity contribution in [1.82, 2.24) is 0 Å². The van der Waals surface area contributed by atoms with E-state index in [1.807, 2.05) is 6.07 Å². The maximum atomic E-state index is 6.62. The van der Waals surface area contributed by atoms with Gasteiger partial charge in [-0.15, -0.1) is 0 Å². The Morgan fingerprint density at radius 3 is 1.65 bits per heavy atom. The molecule has 72 heavy (non-hydrogen) atoms. The predicted octanol–water partition coefficient (Wildman–Crippen LogP) is 18.7. The van der Waals surface area contributed by atoms with Crippen molar-refractivity contribution in [1.29, 1.82) is 0 Å². The van der Waals surface area contributed by atoms with E-state index in [0.29, 0.717) is 0 Å². The first-order chi connectivity index (χ1) is 35.5. The second-order valence-electron chi connectivity index (χ2n) is 20.0. The van der Waals surface area contributed by atoms with Gasteiger partial charge >= 0.3 is 0 Å². The number of benzene rings is 11. The number of rotatable bonds is 8. The summed E-state index contributed by atoms with van der Waals surface area (Å²) in [6.45, 7) is 4.72. The van der Waals surface area contributed by atoms with Crippen LogP contribution in [0.2, 0.25) is 0 Å². The predicted molar refractivity (Wildman–Crippen MR) is 300 cm³/mol. The molecule has 0 fully saturated rings. The molecule has 11 aromatic carbocycles. The minimum absolute atomic E-state index is 0.168. The summed E-state index contributed by atoms with van der Waals surface area (Å²) in [6.07, 6.45) is 0. The molecule has 1 heterocycles. The van der Waals surface area contributed by atoms with Crippen LogP contribution in [-0.4, -0.2) is 0 Å². The van der Waals surface area contributed by atoms with Gasteiger partial charge in [0.1, 0.15) is 11.2 Å². The van der Waals surface area contributed by atoms with Crippen molar-refractivity contribution in [3.63, 3.8) is 0 Å². The van der Waals surface area contributed by atoms with Gasteiger partial charge in [-0.2, -0.15) is 0 Å². The van der Waals surface area contributed by atoms with Gasteiger partial charge in [0.2, 0.25) is 0 Å². The monoisotopic (exact) mass is 919 g/mol. The highest BCUT2D eigenvalue weighted by atomic mass is 16.3. The van der Waals surface area contributed by atoms with Crippen LogP contribution in [-0.2, 0) is 10.8 Å². The molecular formula is C70H49NO. The molecule has 2 nitrogen and oxygen atoms in total. The molecule has 0 spiro atoms. The summed E-state index contributed by atoms with van der Waals surface area (Å²) in [5.74, 6) is 0. The Hall–Kier alpha value is -8.98.